The summed E-state index contributed by atoms with van der Waals surface area (Å²) < 4.78 is 0. The SMILES string of the molecule is CC1(C)[C@]2(C(=O)NCCN)CC[C@@]1(C)C(=O)C2=O. The van der Waals surface area contributed by atoms with Gasteiger partial charge in [0.05, 0.1) is 0 Å². The molecule has 0 aromatic carbocycles. The first-order chi connectivity index (χ1) is 8.25. The van der Waals surface area contributed by atoms with Crippen molar-refractivity contribution in [3.05, 3.63) is 0 Å². The lowest BCUT2D eigenvalue weighted by molar-refractivity contribution is -0.149. The van der Waals surface area contributed by atoms with Gasteiger partial charge in [0.1, 0.15) is 5.41 Å². The number of amides is 1. The Balaban J connectivity index is 2.46. The monoisotopic (exact) mass is 252 g/mol. The largest absolute Gasteiger partial charge is 0.354 e. The lowest BCUT2D eigenvalue weighted by atomic mass is 9.64. The van der Waals surface area contributed by atoms with Crippen LogP contribution >= 0.6 is 0 Å². The van der Waals surface area contributed by atoms with Gasteiger partial charge in [0, 0.05) is 18.5 Å². The lowest BCUT2D eigenvalue weighted by Crippen LogP contribution is -2.51. The van der Waals surface area contributed by atoms with Gasteiger partial charge < -0.3 is 11.1 Å². The molecule has 2 fully saturated rings. The molecule has 0 spiro atoms. The van der Waals surface area contributed by atoms with Crippen LogP contribution in [-0.2, 0) is 14.4 Å². The molecule has 0 aliphatic heterocycles. The Kier molecular flexibility index (Phi) is 2.67. The number of rotatable bonds is 3. The predicted octanol–water partition coefficient (Wildman–Crippen LogP) is 0.0258. The Morgan fingerprint density at radius 1 is 1.22 bits per heavy atom. The summed E-state index contributed by atoms with van der Waals surface area (Å²) in [4.78, 5) is 36.8. The van der Waals surface area contributed by atoms with Crippen molar-refractivity contribution in [2.45, 2.75) is 33.6 Å². The molecule has 2 rings (SSSR count). The molecule has 0 unspecified atom stereocenters. The Hall–Kier alpha value is -1.23. The van der Waals surface area contributed by atoms with Gasteiger partial charge in [-0.1, -0.05) is 20.8 Å². The second-order valence-electron chi connectivity index (χ2n) is 6.07. The number of nitrogens with one attached hydrogen (secondary N) is 1. The normalized spacial score (nSPS) is 37.1. The van der Waals surface area contributed by atoms with Crippen LogP contribution in [-0.4, -0.2) is 30.6 Å². The fraction of sp³-hybridized carbons (Fsp3) is 0.769. The molecule has 0 radical (unpaired) electrons. The summed E-state index contributed by atoms with van der Waals surface area (Å²) in [6.07, 6.45) is 1.05. The topological polar surface area (TPSA) is 89.3 Å². The van der Waals surface area contributed by atoms with Gasteiger partial charge in [-0.3, -0.25) is 14.4 Å². The molecule has 0 saturated heterocycles. The Labute approximate surface area is 106 Å². The Morgan fingerprint density at radius 2 is 1.83 bits per heavy atom. The van der Waals surface area contributed by atoms with E-state index in [4.69, 9.17) is 5.73 Å². The van der Waals surface area contributed by atoms with Crippen molar-refractivity contribution < 1.29 is 14.4 Å². The summed E-state index contributed by atoms with van der Waals surface area (Å²) in [6.45, 7) is 6.16. The minimum atomic E-state index is -1.19. The number of Topliss-reactive ketones (excluding diaryl/α,β-unsaturated/α-hetero) is 2. The molecule has 1 amide bonds. The zero-order valence-electron chi connectivity index (χ0n) is 11.1. The number of carbonyl (C=O) groups excluding carboxylic acids is 3. The third kappa shape index (κ3) is 1.13. The second kappa shape index (κ2) is 3.63. The standard InChI is InChI=1S/C13H20N2O3/c1-11(2)12(3)4-5-13(11,9(17)8(12)16)10(18)15-7-6-14/h4-7,14H2,1-3H3,(H,15,18)/t12-,13+/m0/s1. The molecule has 0 aromatic heterocycles. The summed E-state index contributed by atoms with van der Waals surface area (Å²) in [5, 5.41) is 2.68. The average molecular weight is 252 g/mol. The van der Waals surface area contributed by atoms with E-state index in [1.54, 1.807) is 6.92 Å². The number of hydrogen-bond acceptors (Lipinski definition) is 4. The molecule has 0 heterocycles. The van der Waals surface area contributed by atoms with Gasteiger partial charge in [-0.2, -0.15) is 0 Å². The maximum absolute atomic E-state index is 12.4. The van der Waals surface area contributed by atoms with Gasteiger partial charge in [0.25, 0.3) is 0 Å². The van der Waals surface area contributed by atoms with Gasteiger partial charge in [0.15, 0.2) is 0 Å². The molecule has 2 atom stereocenters. The van der Waals surface area contributed by atoms with Crippen molar-refractivity contribution in [1.29, 1.82) is 0 Å². The summed E-state index contributed by atoms with van der Waals surface area (Å²) in [6, 6.07) is 0. The van der Waals surface area contributed by atoms with Gasteiger partial charge >= 0.3 is 0 Å². The van der Waals surface area contributed by atoms with Gasteiger partial charge in [0.2, 0.25) is 17.5 Å². The lowest BCUT2D eigenvalue weighted by Gasteiger charge is -2.37. The zero-order chi connectivity index (χ0) is 13.8. The minimum Gasteiger partial charge on any atom is -0.354 e. The highest BCUT2D eigenvalue weighted by Gasteiger charge is 2.77. The molecule has 2 aliphatic rings. The highest BCUT2D eigenvalue weighted by molar-refractivity contribution is 6.48. The van der Waals surface area contributed by atoms with E-state index in [9.17, 15) is 14.4 Å². The van der Waals surface area contributed by atoms with E-state index in [-0.39, 0.29) is 11.7 Å². The summed E-state index contributed by atoms with van der Waals surface area (Å²) in [5.41, 5.74) is 2.84. The van der Waals surface area contributed by atoms with E-state index in [2.05, 4.69) is 5.32 Å². The zero-order valence-corrected chi connectivity index (χ0v) is 11.1. The van der Waals surface area contributed by atoms with Crippen molar-refractivity contribution in [2.75, 3.05) is 13.1 Å². The molecule has 2 aliphatic carbocycles. The number of fused-ring (bicyclic) bond motifs is 2. The summed E-state index contributed by atoms with van der Waals surface area (Å²) in [7, 11) is 0. The van der Waals surface area contributed by atoms with Crippen molar-refractivity contribution in [2.24, 2.45) is 22.0 Å². The van der Waals surface area contributed by atoms with Crippen LogP contribution in [0.2, 0.25) is 0 Å². The van der Waals surface area contributed by atoms with E-state index in [1.807, 2.05) is 13.8 Å². The highest BCUT2D eigenvalue weighted by Crippen LogP contribution is 2.68. The van der Waals surface area contributed by atoms with Crippen LogP contribution in [0.5, 0.6) is 0 Å². The van der Waals surface area contributed by atoms with E-state index in [0.717, 1.165) is 0 Å². The number of hydrogen-bond donors (Lipinski definition) is 2. The number of ketones is 2. The van der Waals surface area contributed by atoms with Crippen molar-refractivity contribution in [3.63, 3.8) is 0 Å². The average Bonchev–Trinajstić information content (AvgIpc) is 2.59. The maximum Gasteiger partial charge on any atom is 0.234 e. The van der Waals surface area contributed by atoms with Crippen LogP contribution in [0, 0.1) is 16.2 Å². The van der Waals surface area contributed by atoms with E-state index < -0.39 is 22.0 Å². The van der Waals surface area contributed by atoms with Crippen LogP contribution in [0.3, 0.4) is 0 Å². The number of nitrogens with two attached hydrogens (primary N) is 1. The van der Waals surface area contributed by atoms with E-state index in [0.29, 0.717) is 25.9 Å². The Morgan fingerprint density at radius 3 is 2.28 bits per heavy atom. The fourth-order valence-electron chi connectivity index (χ4n) is 3.61. The summed E-state index contributed by atoms with van der Waals surface area (Å²) >= 11 is 0. The van der Waals surface area contributed by atoms with E-state index in [1.165, 1.54) is 0 Å². The third-order valence-corrected chi connectivity index (χ3v) is 5.36. The Bertz CT molecular complexity index is 444. The van der Waals surface area contributed by atoms with Crippen LogP contribution < -0.4 is 11.1 Å². The fourth-order valence-corrected chi connectivity index (χ4v) is 3.61. The molecule has 2 saturated carbocycles. The molecule has 5 heteroatoms. The minimum absolute atomic E-state index is 0.321. The van der Waals surface area contributed by atoms with Crippen LogP contribution in [0.25, 0.3) is 0 Å². The maximum atomic E-state index is 12.4. The first-order valence-electron chi connectivity index (χ1n) is 6.33. The van der Waals surface area contributed by atoms with Crippen molar-refractivity contribution in [3.8, 4) is 0 Å². The van der Waals surface area contributed by atoms with Crippen LogP contribution in [0.4, 0.5) is 0 Å². The third-order valence-electron chi connectivity index (χ3n) is 5.36. The van der Waals surface area contributed by atoms with Crippen LogP contribution in [0.15, 0.2) is 0 Å². The predicted molar refractivity (Wildman–Crippen MR) is 65.6 cm³/mol. The molecule has 3 N–H and O–H groups in total. The molecule has 5 nitrogen and oxygen atoms in total. The second-order valence-corrected chi connectivity index (χ2v) is 6.07. The molecule has 100 valence electrons. The number of carbonyl (C=O) groups is 3. The van der Waals surface area contributed by atoms with Gasteiger partial charge in [-0.15, -0.1) is 0 Å². The van der Waals surface area contributed by atoms with Crippen molar-refractivity contribution >= 4 is 17.5 Å². The van der Waals surface area contributed by atoms with Crippen molar-refractivity contribution in [1.82, 2.24) is 5.32 Å². The molecule has 2 bridgehead atoms. The first kappa shape index (κ1) is 13.2. The molecular weight excluding hydrogens is 232 g/mol. The van der Waals surface area contributed by atoms with Gasteiger partial charge in [-0.05, 0) is 18.3 Å². The summed E-state index contributed by atoms with van der Waals surface area (Å²) in [5.74, 6) is -1.24. The molecule has 0 aromatic rings. The smallest absolute Gasteiger partial charge is 0.234 e. The molecule has 18 heavy (non-hydrogen) atoms. The first-order valence-corrected chi connectivity index (χ1v) is 6.33. The quantitative estimate of drug-likeness (QED) is 0.547. The van der Waals surface area contributed by atoms with Crippen LogP contribution in [0.1, 0.15) is 33.6 Å². The molecular formula is C13H20N2O3. The van der Waals surface area contributed by atoms with E-state index >= 15 is 0 Å². The van der Waals surface area contributed by atoms with Gasteiger partial charge in [-0.25, -0.2) is 0 Å². The highest BCUT2D eigenvalue weighted by atomic mass is 16.2.